The van der Waals surface area contributed by atoms with Crippen LogP contribution in [-0.2, 0) is 14.3 Å². The highest BCUT2D eigenvalue weighted by molar-refractivity contribution is 6.43. The van der Waals surface area contributed by atoms with Crippen molar-refractivity contribution < 1.29 is 23.8 Å². The molecular weight excluding hydrogens is 407 g/mol. The molecule has 1 N–H and O–H groups in total. The Morgan fingerprint density at radius 1 is 1.33 bits per heavy atom. The predicted molar refractivity (Wildman–Crippen MR) is 113 cm³/mol. The van der Waals surface area contributed by atoms with Gasteiger partial charge in [-0.15, -0.1) is 0 Å². The molecule has 0 aromatic rings. The first-order chi connectivity index (χ1) is 14.1. The van der Waals surface area contributed by atoms with E-state index in [1.807, 2.05) is 6.92 Å². The number of esters is 1. The molecule has 0 unspecified atom stereocenters. The highest BCUT2D eigenvalue weighted by Gasteiger charge is 2.67. The lowest BCUT2D eigenvalue weighted by Gasteiger charge is -2.60. The van der Waals surface area contributed by atoms with Crippen LogP contribution in [0.25, 0.3) is 0 Å². The summed E-state index contributed by atoms with van der Waals surface area (Å²) in [7, 11) is 0. The molecule has 3 saturated carbocycles. The second-order valence-corrected chi connectivity index (χ2v) is 10.8. The summed E-state index contributed by atoms with van der Waals surface area (Å²) in [5, 5.41) is 11.5. The van der Waals surface area contributed by atoms with Gasteiger partial charge in [0.1, 0.15) is 12.3 Å². The van der Waals surface area contributed by atoms with Crippen molar-refractivity contribution in [3.05, 3.63) is 10.6 Å². The van der Waals surface area contributed by atoms with Gasteiger partial charge in [0.05, 0.1) is 11.1 Å². The minimum atomic E-state index is -1.26. The second kappa shape index (κ2) is 7.58. The predicted octanol–water partition coefficient (Wildman–Crippen LogP) is 4.96. The maximum atomic E-state index is 15.6. The Labute approximate surface area is 183 Å². The van der Waals surface area contributed by atoms with Gasteiger partial charge in [-0.1, -0.05) is 39.3 Å². The molecule has 4 aliphatic rings. The number of carbonyl (C=O) groups excluding carboxylic acids is 2. The van der Waals surface area contributed by atoms with Crippen molar-refractivity contribution in [3.63, 3.8) is 0 Å². The van der Waals surface area contributed by atoms with Crippen LogP contribution in [0.15, 0.2) is 10.6 Å². The van der Waals surface area contributed by atoms with Gasteiger partial charge in [-0.05, 0) is 66.8 Å². The number of ether oxygens (including phenoxy) is 1. The number of hydrogen-bond acceptors (Lipinski definition) is 4. The lowest BCUT2D eigenvalue weighted by molar-refractivity contribution is -0.179. The molecule has 4 rings (SSSR count). The molecule has 0 aliphatic heterocycles. The van der Waals surface area contributed by atoms with Crippen LogP contribution in [0.3, 0.4) is 0 Å². The van der Waals surface area contributed by atoms with Crippen molar-refractivity contribution in [2.45, 2.75) is 91.0 Å². The molecule has 4 nitrogen and oxygen atoms in total. The number of fused-ring (bicyclic) bond motifs is 5. The number of aliphatic hydroxyl groups excluding tert-OH is 1. The van der Waals surface area contributed by atoms with Gasteiger partial charge in [0.2, 0.25) is 0 Å². The van der Waals surface area contributed by atoms with Crippen molar-refractivity contribution in [2.24, 2.45) is 34.5 Å². The quantitative estimate of drug-likeness (QED) is 0.630. The summed E-state index contributed by atoms with van der Waals surface area (Å²) in [6, 6.07) is 0. The standard InChI is InChI=1S/C24H34ClFO4/c1-5-18(29)30-22-12(3)9-14-13-10-15(26)20-21(25)16(27)7-8-23(20,4)19(13)17(28)11-24(14,22)6-2/h12-15,17,19,22,28H,5-11H2,1-4H3/t12-,13+,14+,15+,17+,19-,22-,23-,24+/m1/s1. The number of hydrogen-bond donors (Lipinski definition) is 1. The fourth-order valence-electron chi connectivity index (χ4n) is 7.95. The summed E-state index contributed by atoms with van der Waals surface area (Å²) in [6.45, 7) is 8.00. The van der Waals surface area contributed by atoms with Gasteiger partial charge in [-0.3, -0.25) is 9.59 Å². The monoisotopic (exact) mass is 440 g/mol. The molecule has 168 valence electrons. The summed E-state index contributed by atoms with van der Waals surface area (Å²) in [6.07, 6.45) is 1.52. The summed E-state index contributed by atoms with van der Waals surface area (Å²) >= 11 is 6.34. The molecule has 0 aromatic heterocycles. The molecule has 0 bridgehead atoms. The summed E-state index contributed by atoms with van der Waals surface area (Å²) < 4.78 is 21.5. The van der Waals surface area contributed by atoms with Crippen LogP contribution in [0, 0.1) is 34.5 Å². The van der Waals surface area contributed by atoms with Gasteiger partial charge < -0.3 is 9.84 Å². The van der Waals surface area contributed by atoms with E-state index >= 15 is 4.39 Å². The Balaban J connectivity index is 1.77. The van der Waals surface area contributed by atoms with Crippen LogP contribution in [0.2, 0.25) is 0 Å². The normalized spacial score (nSPS) is 48.1. The Hall–Kier alpha value is -0.940. The van der Waals surface area contributed by atoms with E-state index in [1.54, 1.807) is 6.92 Å². The van der Waals surface area contributed by atoms with E-state index < -0.39 is 17.7 Å². The molecule has 9 atom stereocenters. The number of alkyl halides is 1. The first kappa shape index (κ1) is 22.3. The maximum absolute atomic E-state index is 15.6. The van der Waals surface area contributed by atoms with Crippen LogP contribution in [0.5, 0.6) is 0 Å². The van der Waals surface area contributed by atoms with E-state index in [0.29, 0.717) is 31.3 Å². The maximum Gasteiger partial charge on any atom is 0.305 e. The van der Waals surface area contributed by atoms with Crippen molar-refractivity contribution >= 4 is 23.4 Å². The molecular formula is C24H34ClFO4. The van der Waals surface area contributed by atoms with Gasteiger partial charge in [-0.2, -0.15) is 0 Å². The Morgan fingerprint density at radius 3 is 2.67 bits per heavy atom. The number of carbonyl (C=O) groups is 2. The van der Waals surface area contributed by atoms with Crippen LogP contribution in [0.4, 0.5) is 4.39 Å². The van der Waals surface area contributed by atoms with Crippen molar-refractivity contribution in [1.29, 1.82) is 0 Å². The van der Waals surface area contributed by atoms with E-state index in [0.717, 1.165) is 12.8 Å². The molecule has 0 heterocycles. The molecule has 30 heavy (non-hydrogen) atoms. The molecule has 0 spiro atoms. The Kier molecular flexibility index (Phi) is 5.63. The Morgan fingerprint density at radius 2 is 2.03 bits per heavy atom. The van der Waals surface area contributed by atoms with E-state index in [-0.39, 0.29) is 58.4 Å². The van der Waals surface area contributed by atoms with Gasteiger partial charge >= 0.3 is 5.97 Å². The first-order valence-corrected chi connectivity index (χ1v) is 11.9. The molecule has 0 aromatic carbocycles. The zero-order valence-electron chi connectivity index (χ0n) is 18.4. The van der Waals surface area contributed by atoms with Gasteiger partial charge in [0, 0.05) is 18.3 Å². The molecule has 0 radical (unpaired) electrons. The number of rotatable bonds is 3. The van der Waals surface area contributed by atoms with Crippen LogP contribution >= 0.6 is 11.6 Å². The first-order valence-electron chi connectivity index (χ1n) is 11.6. The zero-order chi connectivity index (χ0) is 22.0. The molecule has 4 aliphatic carbocycles. The average molecular weight is 441 g/mol. The second-order valence-electron chi connectivity index (χ2n) is 10.4. The van der Waals surface area contributed by atoms with E-state index in [4.69, 9.17) is 16.3 Å². The summed E-state index contributed by atoms with van der Waals surface area (Å²) in [4.78, 5) is 24.4. The van der Waals surface area contributed by atoms with Gasteiger partial charge in [0.15, 0.2) is 5.78 Å². The van der Waals surface area contributed by atoms with Crippen molar-refractivity contribution in [2.75, 3.05) is 0 Å². The third-order valence-electron chi connectivity index (χ3n) is 9.13. The van der Waals surface area contributed by atoms with Crippen molar-refractivity contribution in [1.82, 2.24) is 0 Å². The largest absolute Gasteiger partial charge is 0.461 e. The number of aliphatic hydroxyl groups is 1. The SMILES string of the molecule is CCC(=O)O[C@@H]1[C@H](C)C[C@H]2[C@@H]3C[C@H](F)C4=C(Cl)C(=O)CC[C@]4(C)[C@H]3[C@@H](O)C[C@]12CC. The highest BCUT2D eigenvalue weighted by Crippen LogP contribution is 2.68. The van der Waals surface area contributed by atoms with Gasteiger partial charge in [0.25, 0.3) is 0 Å². The van der Waals surface area contributed by atoms with E-state index in [2.05, 4.69) is 13.8 Å². The topological polar surface area (TPSA) is 63.6 Å². The molecule has 3 fully saturated rings. The van der Waals surface area contributed by atoms with Crippen molar-refractivity contribution in [3.8, 4) is 0 Å². The third kappa shape index (κ3) is 2.94. The fraction of sp³-hybridized carbons (Fsp3) is 0.833. The number of halogens is 2. The molecule has 0 amide bonds. The van der Waals surface area contributed by atoms with Crippen LogP contribution in [0.1, 0.15) is 72.6 Å². The minimum Gasteiger partial charge on any atom is -0.461 e. The number of Topliss-reactive ketones (excluding diaryl/α,β-unsaturated/α-hetero) is 1. The highest BCUT2D eigenvalue weighted by atomic mass is 35.5. The summed E-state index contributed by atoms with van der Waals surface area (Å²) in [5.41, 5.74) is -0.505. The molecule has 6 heteroatoms. The minimum absolute atomic E-state index is 0.0112. The Bertz CT molecular complexity index is 781. The fourth-order valence-corrected chi connectivity index (χ4v) is 8.38. The van der Waals surface area contributed by atoms with E-state index in [9.17, 15) is 14.7 Å². The van der Waals surface area contributed by atoms with Gasteiger partial charge in [-0.25, -0.2) is 4.39 Å². The van der Waals surface area contributed by atoms with Crippen LogP contribution in [-0.4, -0.2) is 35.2 Å². The lowest BCUT2D eigenvalue weighted by atomic mass is 9.45. The molecule has 0 saturated heterocycles. The lowest BCUT2D eigenvalue weighted by Crippen LogP contribution is -2.60. The summed E-state index contributed by atoms with van der Waals surface area (Å²) in [5.74, 6) is -0.163. The smallest absolute Gasteiger partial charge is 0.305 e. The third-order valence-corrected chi connectivity index (χ3v) is 9.55. The van der Waals surface area contributed by atoms with E-state index in [1.165, 1.54) is 0 Å². The average Bonchev–Trinajstić information content (AvgIpc) is 2.97. The zero-order valence-corrected chi connectivity index (χ0v) is 19.2. The van der Waals surface area contributed by atoms with Crippen LogP contribution < -0.4 is 0 Å². The number of ketones is 1. The number of allylic oxidation sites excluding steroid dienone is 1.